The topological polar surface area (TPSA) is 30.5 Å². The summed E-state index contributed by atoms with van der Waals surface area (Å²) in [5, 5.41) is 3.39. The molecule has 1 saturated carbocycles. The van der Waals surface area contributed by atoms with Crippen LogP contribution in [0.2, 0.25) is 0 Å². The SMILES string of the molecule is CC1CCC(CNCCOCC2CC2)O1. The monoisotopic (exact) mass is 213 g/mol. The summed E-state index contributed by atoms with van der Waals surface area (Å²) in [5.74, 6) is 0.879. The summed E-state index contributed by atoms with van der Waals surface area (Å²) in [7, 11) is 0. The average molecular weight is 213 g/mol. The minimum absolute atomic E-state index is 0.434. The maximum absolute atomic E-state index is 5.71. The summed E-state index contributed by atoms with van der Waals surface area (Å²) >= 11 is 0. The summed E-state index contributed by atoms with van der Waals surface area (Å²) in [6, 6.07) is 0. The highest BCUT2D eigenvalue weighted by Crippen LogP contribution is 2.28. The van der Waals surface area contributed by atoms with Gasteiger partial charge in [-0.1, -0.05) is 0 Å². The van der Waals surface area contributed by atoms with Gasteiger partial charge < -0.3 is 14.8 Å². The first-order chi connectivity index (χ1) is 7.34. The molecule has 88 valence electrons. The van der Waals surface area contributed by atoms with Gasteiger partial charge in [0.2, 0.25) is 0 Å². The van der Waals surface area contributed by atoms with E-state index in [1.165, 1.54) is 25.7 Å². The van der Waals surface area contributed by atoms with Crippen LogP contribution in [0.25, 0.3) is 0 Å². The fourth-order valence-corrected chi connectivity index (χ4v) is 1.98. The summed E-state index contributed by atoms with van der Waals surface area (Å²) in [5.41, 5.74) is 0. The van der Waals surface area contributed by atoms with Gasteiger partial charge in [0.15, 0.2) is 0 Å². The minimum atomic E-state index is 0.434. The molecule has 0 bridgehead atoms. The zero-order chi connectivity index (χ0) is 10.5. The number of hydrogen-bond acceptors (Lipinski definition) is 3. The van der Waals surface area contributed by atoms with Crippen LogP contribution in [-0.4, -0.2) is 38.5 Å². The molecule has 0 aromatic carbocycles. The maximum atomic E-state index is 5.71. The van der Waals surface area contributed by atoms with Crippen molar-refractivity contribution in [3.05, 3.63) is 0 Å². The smallest absolute Gasteiger partial charge is 0.0704 e. The molecule has 2 atom stereocenters. The standard InChI is InChI=1S/C12H23NO2/c1-10-2-5-12(15-10)8-13-6-7-14-9-11-3-4-11/h10-13H,2-9H2,1H3. The molecular weight excluding hydrogens is 190 g/mol. The Kier molecular flexibility index (Phi) is 4.42. The highest BCUT2D eigenvalue weighted by atomic mass is 16.5. The van der Waals surface area contributed by atoms with Gasteiger partial charge in [0.05, 0.1) is 18.8 Å². The van der Waals surface area contributed by atoms with Crippen molar-refractivity contribution in [2.45, 2.75) is 44.8 Å². The Morgan fingerprint density at radius 1 is 1.27 bits per heavy atom. The van der Waals surface area contributed by atoms with Crippen LogP contribution < -0.4 is 5.32 Å². The van der Waals surface area contributed by atoms with Gasteiger partial charge in [-0.25, -0.2) is 0 Å². The minimum Gasteiger partial charge on any atom is -0.380 e. The molecule has 1 aliphatic heterocycles. The van der Waals surface area contributed by atoms with E-state index in [9.17, 15) is 0 Å². The third-order valence-corrected chi connectivity index (χ3v) is 3.17. The van der Waals surface area contributed by atoms with Crippen LogP contribution in [0.3, 0.4) is 0 Å². The van der Waals surface area contributed by atoms with Crippen LogP contribution in [-0.2, 0) is 9.47 Å². The lowest BCUT2D eigenvalue weighted by Gasteiger charge is -2.12. The maximum Gasteiger partial charge on any atom is 0.0704 e. The molecule has 1 N–H and O–H groups in total. The van der Waals surface area contributed by atoms with Crippen molar-refractivity contribution >= 4 is 0 Å². The number of ether oxygens (including phenoxy) is 2. The second-order valence-corrected chi connectivity index (χ2v) is 4.87. The Morgan fingerprint density at radius 3 is 2.80 bits per heavy atom. The second kappa shape index (κ2) is 5.83. The van der Waals surface area contributed by atoms with Crippen LogP contribution in [0.5, 0.6) is 0 Å². The van der Waals surface area contributed by atoms with Gasteiger partial charge in [0.25, 0.3) is 0 Å². The Bertz CT molecular complexity index is 182. The van der Waals surface area contributed by atoms with Gasteiger partial charge in [-0.3, -0.25) is 0 Å². The van der Waals surface area contributed by atoms with Crippen LogP contribution in [0.4, 0.5) is 0 Å². The molecule has 0 amide bonds. The van der Waals surface area contributed by atoms with E-state index in [4.69, 9.17) is 9.47 Å². The molecule has 1 aliphatic carbocycles. The lowest BCUT2D eigenvalue weighted by molar-refractivity contribution is 0.0538. The second-order valence-electron chi connectivity index (χ2n) is 4.87. The molecule has 3 nitrogen and oxygen atoms in total. The molecule has 1 saturated heterocycles. The molecule has 0 radical (unpaired) electrons. The molecule has 0 aromatic rings. The number of nitrogens with one attached hydrogen (secondary N) is 1. The van der Waals surface area contributed by atoms with Gasteiger partial charge >= 0.3 is 0 Å². The van der Waals surface area contributed by atoms with Crippen molar-refractivity contribution in [1.29, 1.82) is 0 Å². The molecule has 15 heavy (non-hydrogen) atoms. The van der Waals surface area contributed by atoms with Gasteiger partial charge in [0, 0.05) is 19.7 Å². The van der Waals surface area contributed by atoms with Crippen molar-refractivity contribution in [1.82, 2.24) is 5.32 Å². The Hall–Kier alpha value is -0.120. The van der Waals surface area contributed by atoms with E-state index in [2.05, 4.69) is 12.2 Å². The van der Waals surface area contributed by atoms with E-state index in [-0.39, 0.29) is 0 Å². The van der Waals surface area contributed by atoms with E-state index < -0.39 is 0 Å². The summed E-state index contributed by atoms with van der Waals surface area (Å²) in [6.45, 7) is 5.91. The zero-order valence-corrected chi connectivity index (χ0v) is 9.71. The summed E-state index contributed by atoms with van der Waals surface area (Å²) in [6.07, 6.45) is 6.07. The zero-order valence-electron chi connectivity index (χ0n) is 9.71. The quantitative estimate of drug-likeness (QED) is 0.651. The molecule has 0 spiro atoms. The molecule has 2 rings (SSSR count). The molecule has 2 fully saturated rings. The van der Waals surface area contributed by atoms with E-state index >= 15 is 0 Å². The largest absolute Gasteiger partial charge is 0.380 e. The van der Waals surface area contributed by atoms with E-state index in [1.807, 2.05) is 0 Å². The Morgan fingerprint density at radius 2 is 2.13 bits per heavy atom. The molecule has 1 heterocycles. The van der Waals surface area contributed by atoms with Gasteiger partial charge in [-0.15, -0.1) is 0 Å². The van der Waals surface area contributed by atoms with Gasteiger partial charge in [-0.2, -0.15) is 0 Å². The van der Waals surface area contributed by atoms with Crippen LogP contribution >= 0.6 is 0 Å². The fourth-order valence-electron chi connectivity index (χ4n) is 1.98. The lowest BCUT2D eigenvalue weighted by atomic mass is 10.2. The van der Waals surface area contributed by atoms with Crippen molar-refractivity contribution < 1.29 is 9.47 Å². The normalized spacial score (nSPS) is 31.0. The lowest BCUT2D eigenvalue weighted by Crippen LogP contribution is -2.29. The first kappa shape index (κ1) is 11.4. The third-order valence-electron chi connectivity index (χ3n) is 3.17. The third kappa shape index (κ3) is 4.49. The highest BCUT2D eigenvalue weighted by Gasteiger charge is 2.22. The molecule has 2 aliphatic rings. The first-order valence-corrected chi connectivity index (χ1v) is 6.28. The van der Waals surface area contributed by atoms with Crippen molar-refractivity contribution in [2.24, 2.45) is 5.92 Å². The van der Waals surface area contributed by atoms with E-state index in [0.29, 0.717) is 12.2 Å². The molecular formula is C12H23NO2. The summed E-state index contributed by atoms with van der Waals surface area (Å²) < 4.78 is 11.3. The van der Waals surface area contributed by atoms with Crippen molar-refractivity contribution in [2.75, 3.05) is 26.3 Å². The van der Waals surface area contributed by atoms with Crippen LogP contribution in [0.1, 0.15) is 32.6 Å². The molecule has 0 aromatic heterocycles. The van der Waals surface area contributed by atoms with Gasteiger partial charge in [-0.05, 0) is 38.5 Å². The highest BCUT2D eigenvalue weighted by molar-refractivity contribution is 4.73. The predicted octanol–water partition coefficient (Wildman–Crippen LogP) is 1.57. The first-order valence-electron chi connectivity index (χ1n) is 6.28. The van der Waals surface area contributed by atoms with E-state index in [0.717, 1.165) is 32.2 Å². The van der Waals surface area contributed by atoms with Gasteiger partial charge in [0.1, 0.15) is 0 Å². The van der Waals surface area contributed by atoms with Crippen LogP contribution in [0.15, 0.2) is 0 Å². The Balaban J connectivity index is 1.38. The summed E-state index contributed by atoms with van der Waals surface area (Å²) in [4.78, 5) is 0. The molecule has 3 heteroatoms. The van der Waals surface area contributed by atoms with Crippen molar-refractivity contribution in [3.63, 3.8) is 0 Å². The predicted molar refractivity (Wildman–Crippen MR) is 60.0 cm³/mol. The van der Waals surface area contributed by atoms with Crippen molar-refractivity contribution in [3.8, 4) is 0 Å². The van der Waals surface area contributed by atoms with E-state index in [1.54, 1.807) is 0 Å². The Labute approximate surface area is 92.5 Å². The van der Waals surface area contributed by atoms with Crippen LogP contribution in [0, 0.1) is 5.92 Å². The fraction of sp³-hybridized carbons (Fsp3) is 1.00. The number of rotatable bonds is 7. The number of hydrogen-bond donors (Lipinski definition) is 1. The average Bonchev–Trinajstić information content (AvgIpc) is 2.95. The molecule has 2 unspecified atom stereocenters.